The molecule has 194 valence electrons. The molecular weight excluding hydrogens is 503 g/mol. The molecule has 0 aliphatic heterocycles. The van der Waals surface area contributed by atoms with E-state index < -0.39 is 29.5 Å². The second-order valence-electron chi connectivity index (χ2n) is 8.54. The number of aryl methyl sites for hydroxylation is 2. The summed E-state index contributed by atoms with van der Waals surface area (Å²) in [5.74, 6) is -1.56. The number of hydrogen-bond donors (Lipinski definition) is 1. The lowest BCUT2D eigenvalue weighted by molar-refractivity contribution is -0.137. The molecule has 0 spiro atoms. The fourth-order valence-electron chi connectivity index (χ4n) is 3.91. The van der Waals surface area contributed by atoms with Crippen LogP contribution in [0.25, 0.3) is 34.3 Å². The highest BCUT2D eigenvalue weighted by Gasteiger charge is 2.43. The molecule has 3 aromatic heterocycles. The molecule has 0 amide bonds. The zero-order valence-corrected chi connectivity index (χ0v) is 19.9. The summed E-state index contributed by atoms with van der Waals surface area (Å²) in [4.78, 5) is 20.6. The number of imidazole rings is 1. The molecule has 1 atom stereocenters. The van der Waals surface area contributed by atoms with E-state index in [0.717, 1.165) is 5.69 Å². The average Bonchev–Trinajstić information content (AvgIpc) is 3.66. The minimum absolute atomic E-state index is 0.00620. The number of rotatable bonds is 8. The molecule has 9 nitrogen and oxygen atoms in total. The molecule has 0 aliphatic rings. The summed E-state index contributed by atoms with van der Waals surface area (Å²) in [5, 5.41) is 17.8. The number of alkyl halides is 3. The molecule has 0 saturated heterocycles. The summed E-state index contributed by atoms with van der Waals surface area (Å²) in [6.45, 7) is 0. The Morgan fingerprint density at radius 3 is 2.42 bits per heavy atom. The van der Waals surface area contributed by atoms with Crippen LogP contribution in [0.15, 0.2) is 76.2 Å². The smallest absolute Gasteiger partial charge is 0.381 e. The van der Waals surface area contributed by atoms with Gasteiger partial charge in [0.1, 0.15) is 17.4 Å². The zero-order chi connectivity index (χ0) is 26.9. The Bertz CT molecular complexity index is 1560. The minimum atomic E-state index is -4.80. The quantitative estimate of drug-likeness (QED) is 0.300. The van der Waals surface area contributed by atoms with Gasteiger partial charge in [-0.15, -0.1) is 0 Å². The molecule has 0 fully saturated rings. The first kappa shape index (κ1) is 25.1. The van der Waals surface area contributed by atoms with Gasteiger partial charge in [0, 0.05) is 30.8 Å². The molecule has 1 unspecified atom stereocenters. The lowest BCUT2D eigenvalue weighted by atomic mass is 10.0. The van der Waals surface area contributed by atoms with Crippen LogP contribution in [0.3, 0.4) is 0 Å². The highest BCUT2D eigenvalue weighted by atomic mass is 19.4. The van der Waals surface area contributed by atoms with E-state index in [4.69, 9.17) is 9.05 Å². The van der Waals surface area contributed by atoms with E-state index in [9.17, 15) is 23.1 Å². The molecule has 2 aromatic carbocycles. The lowest BCUT2D eigenvalue weighted by Crippen LogP contribution is -2.12. The van der Waals surface area contributed by atoms with E-state index in [0.29, 0.717) is 17.5 Å². The first-order chi connectivity index (χ1) is 18.2. The van der Waals surface area contributed by atoms with E-state index >= 15 is 0 Å². The van der Waals surface area contributed by atoms with Crippen molar-refractivity contribution in [2.45, 2.75) is 25.1 Å². The highest BCUT2D eigenvalue weighted by Crippen LogP contribution is 2.43. The SMILES string of the molecule is Cn1cnc(CCC(=O)C(O)c2ccc(-c3noc(-c4onc(-c5ccccc5)c4C(F)(F)F)n3)cc2)c1. The van der Waals surface area contributed by atoms with Gasteiger partial charge in [-0.2, -0.15) is 18.2 Å². The summed E-state index contributed by atoms with van der Waals surface area (Å²) in [7, 11) is 1.82. The van der Waals surface area contributed by atoms with Crippen molar-refractivity contribution < 1.29 is 32.1 Å². The molecule has 5 aromatic rings. The first-order valence-electron chi connectivity index (χ1n) is 11.4. The fraction of sp³-hybridized carbons (Fsp3) is 0.192. The van der Waals surface area contributed by atoms with Crippen molar-refractivity contribution in [1.82, 2.24) is 24.8 Å². The number of nitrogens with zero attached hydrogens (tertiary/aromatic N) is 5. The predicted molar refractivity (Wildman–Crippen MR) is 127 cm³/mol. The summed E-state index contributed by atoms with van der Waals surface area (Å²) in [6, 6.07) is 13.9. The molecule has 38 heavy (non-hydrogen) atoms. The van der Waals surface area contributed by atoms with Crippen LogP contribution >= 0.6 is 0 Å². The average molecular weight is 523 g/mol. The minimum Gasteiger partial charge on any atom is -0.381 e. The summed E-state index contributed by atoms with van der Waals surface area (Å²) in [6.07, 6.45) is -2.20. The van der Waals surface area contributed by atoms with Crippen LogP contribution in [-0.4, -0.2) is 35.7 Å². The number of aliphatic hydroxyl groups is 1. The number of aliphatic hydroxyl groups excluding tert-OH is 1. The van der Waals surface area contributed by atoms with Gasteiger partial charge in [0.05, 0.1) is 12.0 Å². The Morgan fingerprint density at radius 2 is 1.76 bits per heavy atom. The molecule has 1 N–H and O–H groups in total. The normalized spacial score (nSPS) is 12.6. The topological polar surface area (TPSA) is 120 Å². The Labute approximate surface area is 213 Å². The van der Waals surface area contributed by atoms with Crippen molar-refractivity contribution in [1.29, 1.82) is 0 Å². The number of halogens is 3. The van der Waals surface area contributed by atoms with E-state index in [1.54, 1.807) is 35.3 Å². The Balaban J connectivity index is 1.34. The summed E-state index contributed by atoms with van der Waals surface area (Å²) < 4.78 is 53.7. The van der Waals surface area contributed by atoms with Gasteiger partial charge in [-0.1, -0.05) is 64.9 Å². The van der Waals surface area contributed by atoms with Gasteiger partial charge in [0.2, 0.25) is 11.6 Å². The maximum atomic E-state index is 13.9. The van der Waals surface area contributed by atoms with Crippen LogP contribution in [-0.2, 0) is 24.4 Å². The van der Waals surface area contributed by atoms with Crippen molar-refractivity contribution in [2.75, 3.05) is 0 Å². The number of hydrogen-bond acceptors (Lipinski definition) is 8. The number of Topliss-reactive ketones (excluding diaryl/α,β-unsaturated/α-hetero) is 1. The standard InChI is InChI=1S/C26H20F3N5O4/c1-34-13-18(30-14-34)11-12-19(35)22(36)16-7-9-17(10-8-16)24-31-25(38-33-24)23-20(26(27,28)29)21(32-37-23)15-5-3-2-4-6-15/h2-10,13-14,22,36H,11-12H2,1H3. The predicted octanol–water partition coefficient (Wildman–Crippen LogP) is 5.05. The Hall–Kier alpha value is -4.58. The maximum Gasteiger partial charge on any atom is 0.422 e. The van der Waals surface area contributed by atoms with Crippen LogP contribution in [0.4, 0.5) is 13.2 Å². The molecule has 12 heteroatoms. The van der Waals surface area contributed by atoms with Gasteiger partial charge in [0.25, 0.3) is 5.89 Å². The molecule has 3 heterocycles. The van der Waals surface area contributed by atoms with E-state index in [1.807, 2.05) is 7.05 Å². The van der Waals surface area contributed by atoms with Gasteiger partial charge in [-0.25, -0.2) is 4.98 Å². The highest BCUT2D eigenvalue weighted by molar-refractivity contribution is 5.84. The van der Waals surface area contributed by atoms with Crippen LogP contribution < -0.4 is 0 Å². The van der Waals surface area contributed by atoms with Crippen molar-refractivity contribution >= 4 is 5.78 Å². The number of benzene rings is 2. The van der Waals surface area contributed by atoms with E-state index in [-0.39, 0.29) is 29.3 Å². The largest absolute Gasteiger partial charge is 0.422 e. The van der Waals surface area contributed by atoms with Crippen LogP contribution in [0.2, 0.25) is 0 Å². The molecule has 5 rings (SSSR count). The van der Waals surface area contributed by atoms with Crippen molar-refractivity contribution in [3.8, 4) is 34.3 Å². The Kier molecular flexibility index (Phi) is 6.64. The van der Waals surface area contributed by atoms with Gasteiger partial charge in [0.15, 0.2) is 5.78 Å². The number of aromatic nitrogens is 5. The van der Waals surface area contributed by atoms with Gasteiger partial charge >= 0.3 is 6.18 Å². The number of ketones is 1. The third-order valence-corrected chi connectivity index (χ3v) is 5.82. The summed E-state index contributed by atoms with van der Waals surface area (Å²) in [5.41, 5.74) is 0.199. The number of carbonyl (C=O) groups is 1. The second-order valence-corrected chi connectivity index (χ2v) is 8.54. The van der Waals surface area contributed by atoms with Crippen LogP contribution in [0.5, 0.6) is 0 Å². The molecule has 0 bridgehead atoms. The van der Waals surface area contributed by atoms with Gasteiger partial charge < -0.3 is 18.7 Å². The number of carbonyl (C=O) groups excluding carboxylic acids is 1. The molecule has 0 saturated carbocycles. The zero-order valence-electron chi connectivity index (χ0n) is 19.9. The fourth-order valence-corrected chi connectivity index (χ4v) is 3.91. The van der Waals surface area contributed by atoms with Gasteiger partial charge in [-0.3, -0.25) is 4.79 Å². The molecule has 0 aliphatic carbocycles. The Morgan fingerprint density at radius 1 is 1.03 bits per heavy atom. The molecular formula is C26H20F3N5O4. The second kappa shape index (κ2) is 10.1. The third kappa shape index (κ3) is 5.11. The third-order valence-electron chi connectivity index (χ3n) is 5.82. The molecule has 0 radical (unpaired) electrons. The van der Waals surface area contributed by atoms with Crippen molar-refractivity contribution in [2.24, 2.45) is 7.05 Å². The van der Waals surface area contributed by atoms with Crippen LogP contribution in [0, 0.1) is 0 Å². The van der Waals surface area contributed by atoms with Crippen molar-refractivity contribution in [3.05, 3.63) is 83.9 Å². The van der Waals surface area contributed by atoms with E-state index in [1.165, 1.54) is 36.4 Å². The van der Waals surface area contributed by atoms with Crippen LogP contribution in [0.1, 0.15) is 29.3 Å². The van der Waals surface area contributed by atoms with Crippen molar-refractivity contribution in [3.63, 3.8) is 0 Å². The lowest BCUT2D eigenvalue weighted by Gasteiger charge is -2.10. The first-order valence-corrected chi connectivity index (χ1v) is 11.4. The maximum absolute atomic E-state index is 13.9. The van der Waals surface area contributed by atoms with Gasteiger partial charge in [-0.05, 0) is 12.0 Å². The monoisotopic (exact) mass is 523 g/mol. The summed E-state index contributed by atoms with van der Waals surface area (Å²) >= 11 is 0. The van der Waals surface area contributed by atoms with E-state index in [2.05, 4.69) is 20.3 Å².